The van der Waals surface area contributed by atoms with Crippen molar-refractivity contribution >= 4 is 34.0 Å². The summed E-state index contributed by atoms with van der Waals surface area (Å²) < 4.78 is 5.27. The average molecular weight is 389 g/mol. The second-order valence-corrected chi connectivity index (χ2v) is 7.63. The van der Waals surface area contributed by atoms with Crippen LogP contribution in [0.25, 0.3) is 11.3 Å². The molecular weight excluding hydrogens is 372 g/mol. The number of amides is 1. The van der Waals surface area contributed by atoms with E-state index in [1.807, 2.05) is 18.3 Å². The molecule has 6 nitrogen and oxygen atoms in total. The largest absolute Gasteiger partial charge is 0.355 e. The molecule has 3 aromatic rings. The lowest BCUT2D eigenvalue weighted by molar-refractivity contribution is 0.101. The molecule has 1 fully saturated rings. The summed E-state index contributed by atoms with van der Waals surface area (Å²) in [4.78, 5) is 17.9. The number of anilines is 1. The highest BCUT2D eigenvalue weighted by atomic mass is 35.5. The first-order valence-electron chi connectivity index (χ1n) is 8.39. The molecule has 0 unspecified atom stereocenters. The van der Waals surface area contributed by atoms with Crippen LogP contribution in [0.1, 0.15) is 34.1 Å². The van der Waals surface area contributed by atoms with Gasteiger partial charge in [0.25, 0.3) is 5.91 Å². The molecule has 0 saturated carbocycles. The topological polar surface area (TPSA) is 80.0 Å². The molecule has 3 heterocycles. The summed E-state index contributed by atoms with van der Waals surface area (Å²) in [7, 11) is 0. The molecule has 1 aliphatic heterocycles. The molecule has 0 spiro atoms. The summed E-state index contributed by atoms with van der Waals surface area (Å²) in [5.41, 5.74) is 1.02. The van der Waals surface area contributed by atoms with Crippen LogP contribution >= 0.6 is 22.9 Å². The zero-order chi connectivity index (χ0) is 17.9. The number of carbonyl (C=O) groups excluding carboxylic acids is 1. The van der Waals surface area contributed by atoms with Gasteiger partial charge in [0.2, 0.25) is 0 Å². The molecule has 0 atom stereocenters. The molecule has 0 radical (unpaired) electrons. The van der Waals surface area contributed by atoms with Crippen molar-refractivity contribution in [3.8, 4) is 11.3 Å². The van der Waals surface area contributed by atoms with Crippen LogP contribution in [-0.2, 0) is 0 Å². The zero-order valence-corrected chi connectivity index (χ0v) is 15.4. The molecular formula is C18H17ClN4O2S. The van der Waals surface area contributed by atoms with Crippen molar-refractivity contribution in [2.45, 2.75) is 18.8 Å². The molecule has 26 heavy (non-hydrogen) atoms. The van der Waals surface area contributed by atoms with Crippen molar-refractivity contribution in [3.63, 3.8) is 0 Å². The van der Waals surface area contributed by atoms with Gasteiger partial charge in [0.1, 0.15) is 0 Å². The molecule has 1 saturated heterocycles. The first kappa shape index (κ1) is 17.2. The van der Waals surface area contributed by atoms with E-state index in [9.17, 15) is 4.79 Å². The van der Waals surface area contributed by atoms with Crippen LogP contribution in [0.4, 0.5) is 5.13 Å². The Bertz CT molecular complexity index is 900. The predicted octanol–water partition coefficient (Wildman–Crippen LogP) is 4.17. The molecule has 1 amide bonds. The standard InChI is InChI=1S/C18H17ClN4O2S/c19-13-3-1-11(2-4-13)15-9-14(23-25-15)17(24)22-18-21-10-16(26-18)12-5-7-20-8-6-12/h1-4,9-10,12,20H,5-8H2,(H,21,22,24). The van der Waals surface area contributed by atoms with Gasteiger partial charge in [-0.3, -0.25) is 10.1 Å². The Balaban J connectivity index is 1.44. The number of thiazole rings is 1. The van der Waals surface area contributed by atoms with E-state index in [-0.39, 0.29) is 11.6 Å². The third-order valence-electron chi connectivity index (χ3n) is 4.36. The Labute approximate surface area is 159 Å². The summed E-state index contributed by atoms with van der Waals surface area (Å²) in [5, 5.41) is 11.2. The van der Waals surface area contributed by atoms with E-state index in [1.165, 1.54) is 16.2 Å². The number of nitrogens with zero attached hydrogens (tertiary/aromatic N) is 2. The van der Waals surface area contributed by atoms with Gasteiger partial charge in [-0.15, -0.1) is 11.3 Å². The van der Waals surface area contributed by atoms with Crippen LogP contribution in [0.2, 0.25) is 5.02 Å². The predicted molar refractivity (Wildman–Crippen MR) is 102 cm³/mol. The Morgan fingerprint density at radius 1 is 1.27 bits per heavy atom. The van der Waals surface area contributed by atoms with E-state index in [0.29, 0.717) is 21.8 Å². The number of hydrogen-bond acceptors (Lipinski definition) is 6. The van der Waals surface area contributed by atoms with Gasteiger partial charge < -0.3 is 9.84 Å². The quantitative estimate of drug-likeness (QED) is 0.701. The number of halogens is 1. The third kappa shape index (κ3) is 3.80. The normalized spacial score (nSPS) is 15.1. The molecule has 134 valence electrons. The van der Waals surface area contributed by atoms with Crippen molar-refractivity contribution in [1.82, 2.24) is 15.5 Å². The Kier molecular flexibility index (Phi) is 5.01. The minimum absolute atomic E-state index is 0.216. The second kappa shape index (κ2) is 7.57. The van der Waals surface area contributed by atoms with E-state index < -0.39 is 0 Å². The highest BCUT2D eigenvalue weighted by molar-refractivity contribution is 7.15. The van der Waals surface area contributed by atoms with Crippen LogP contribution in [-0.4, -0.2) is 29.1 Å². The van der Waals surface area contributed by atoms with Crippen LogP contribution in [0, 0.1) is 0 Å². The van der Waals surface area contributed by atoms with Crippen LogP contribution < -0.4 is 10.6 Å². The van der Waals surface area contributed by atoms with Crippen molar-refractivity contribution in [1.29, 1.82) is 0 Å². The number of aromatic nitrogens is 2. The van der Waals surface area contributed by atoms with E-state index in [2.05, 4.69) is 20.8 Å². The van der Waals surface area contributed by atoms with Crippen LogP contribution in [0.3, 0.4) is 0 Å². The summed E-state index contributed by atoms with van der Waals surface area (Å²) >= 11 is 7.41. The minimum atomic E-state index is -0.333. The average Bonchev–Trinajstić information content (AvgIpc) is 3.33. The summed E-state index contributed by atoms with van der Waals surface area (Å²) in [6.07, 6.45) is 4.06. The van der Waals surface area contributed by atoms with Crippen molar-refractivity contribution in [3.05, 3.63) is 52.1 Å². The Morgan fingerprint density at radius 3 is 2.81 bits per heavy atom. The van der Waals surface area contributed by atoms with Gasteiger partial charge in [-0.1, -0.05) is 16.8 Å². The van der Waals surface area contributed by atoms with E-state index >= 15 is 0 Å². The summed E-state index contributed by atoms with van der Waals surface area (Å²) in [5.74, 6) is 0.699. The number of hydrogen-bond donors (Lipinski definition) is 2. The van der Waals surface area contributed by atoms with Gasteiger partial charge in [-0.25, -0.2) is 4.98 Å². The van der Waals surface area contributed by atoms with Crippen LogP contribution in [0.5, 0.6) is 0 Å². The summed E-state index contributed by atoms with van der Waals surface area (Å²) in [6.45, 7) is 2.05. The SMILES string of the molecule is O=C(Nc1ncc(C2CCNCC2)s1)c1cc(-c2ccc(Cl)cc2)on1. The summed E-state index contributed by atoms with van der Waals surface area (Å²) in [6, 6.07) is 8.77. The van der Waals surface area contributed by atoms with Gasteiger partial charge in [0.05, 0.1) is 0 Å². The van der Waals surface area contributed by atoms with Crippen LogP contribution in [0.15, 0.2) is 41.1 Å². The second-order valence-electron chi connectivity index (χ2n) is 6.13. The van der Waals surface area contributed by atoms with Crippen molar-refractivity contribution in [2.75, 3.05) is 18.4 Å². The minimum Gasteiger partial charge on any atom is -0.355 e. The van der Waals surface area contributed by atoms with Gasteiger partial charge >= 0.3 is 0 Å². The fourth-order valence-electron chi connectivity index (χ4n) is 2.93. The smallest absolute Gasteiger partial charge is 0.279 e. The van der Waals surface area contributed by atoms with Gasteiger partial charge in [0, 0.05) is 27.7 Å². The molecule has 1 aromatic carbocycles. The lowest BCUT2D eigenvalue weighted by Crippen LogP contribution is -2.26. The number of piperidine rings is 1. The monoisotopic (exact) mass is 388 g/mol. The van der Waals surface area contributed by atoms with E-state index in [4.69, 9.17) is 16.1 Å². The highest BCUT2D eigenvalue weighted by Gasteiger charge is 2.19. The van der Waals surface area contributed by atoms with Crippen molar-refractivity contribution < 1.29 is 9.32 Å². The Hall–Kier alpha value is -2.22. The third-order valence-corrected chi connectivity index (χ3v) is 5.68. The Morgan fingerprint density at radius 2 is 2.04 bits per heavy atom. The fourth-order valence-corrected chi connectivity index (χ4v) is 4.04. The zero-order valence-electron chi connectivity index (χ0n) is 13.9. The lowest BCUT2D eigenvalue weighted by Gasteiger charge is -2.20. The first-order valence-corrected chi connectivity index (χ1v) is 9.59. The molecule has 2 N–H and O–H groups in total. The number of nitrogens with one attached hydrogen (secondary N) is 2. The van der Waals surface area contributed by atoms with E-state index in [0.717, 1.165) is 31.5 Å². The van der Waals surface area contributed by atoms with Crippen molar-refractivity contribution in [2.24, 2.45) is 0 Å². The maximum atomic E-state index is 12.4. The van der Waals surface area contributed by atoms with E-state index in [1.54, 1.807) is 18.2 Å². The lowest BCUT2D eigenvalue weighted by atomic mass is 9.97. The highest BCUT2D eigenvalue weighted by Crippen LogP contribution is 2.32. The molecule has 0 aliphatic carbocycles. The van der Waals surface area contributed by atoms with Gasteiger partial charge in [-0.05, 0) is 56.1 Å². The maximum Gasteiger partial charge on any atom is 0.279 e. The van der Waals surface area contributed by atoms with Gasteiger partial charge in [0.15, 0.2) is 16.6 Å². The number of rotatable bonds is 4. The first-order chi connectivity index (χ1) is 12.7. The molecule has 4 rings (SSSR count). The molecule has 0 bridgehead atoms. The molecule has 1 aliphatic rings. The fraction of sp³-hybridized carbons (Fsp3) is 0.278. The van der Waals surface area contributed by atoms with Gasteiger partial charge in [-0.2, -0.15) is 0 Å². The molecule has 8 heteroatoms. The maximum absolute atomic E-state index is 12.4. The number of benzene rings is 1. The number of carbonyl (C=O) groups is 1. The molecule has 2 aromatic heterocycles.